The number of methoxy groups -OCH3 is 2. The van der Waals surface area contributed by atoms with E-state index >= 15 is 0 Å². The molecular formula is C14H15ClN2O2. The highest BCUT2D eigenvalue weighted by Crippen LogP contribution is 2.38. The van der Waals surface area contributed by atoms with Crippen molar-refractivity contribution >= 4 is 22.5 Å². The molecule has 19 heavy (non-hydrogen) atoms. The Morgan fingerprint density at radius 1 is 1.16 bits per heavy atom. The third-order valence-corrected chi connectivity index (χ3v) is 3.92. The number of aromatic nitrogens is 2. The highest BCUT2D eigenvalue weighted by atomic mass is 35.5. The van der Waals surface area contributed by atoms with Crippen LogP contribution in [0.25, 0.3) is 10.9 Å². The lowest BCUT2D eigenvalue weighted by molar-refractivity contribution is 0.394. The summed E-state index contributed by atoms with van der Waals surface area (Å²) >= 11 is 6.28. The van der Waals surface area contributed by atoms with Crippen LogP contribution in [-0.2, 0) is 0 Å². The summed E-state index contributed by atoms with van der Waals surface area (Å²) in [5.74, 6) is 2.62. The van der Waals surface area contributed by atoms with Crippen LogP contribution in [0.1, 0.15) is 31.0 Å². The highest BCUT2D eigenvalue weighted by molar-refractivity contribution is 6.34. The SMILES string of the molecule is COc1cc(OC)c2nc(C3CCC3)nc(Cl)c2c1. The smallest absolute Gasteiger partial charge is 0.148 e. The van der Waals surface area contributed by atoms with Crippen molar-refractivity contribution in [1.29, 1.82) is 0 Å². The zero-order chi connectivity index (χ0) is 13.4. The molecule has 0 N–H and O–H groups in total. The van der Waals surface area contributed by atoms with E-state index in [-0.39, 0.29) is 0 Å². The van der Waals surface area contributed by atoms with E-state index in [1.807, 2.05) is 12.1 Å². The van der Waals surface area contributed by atoms with Gasteiger partial charge in [0, 0.05) is 17.4 Å². The fourth-order valence-electron chi connectivity index (χ4n) is 2.28. The molecule has 1 aromatic heterocycles. The number of hydrogen-bond acceptors (Lipinski definition) is 4. The van der Waals surface area contributed by atoms with E-state index < -0.39 is 0 Å². The summed E-state index contributed by atoms with van der Waals surface area (Å²) in [6.45, 7) is 0. The van der Waals surface area contributed by atoms with Crippen LogP contribution < -0.4 is 9.47 Å². The minimum Gasteiger partial charge on any atom is -0.497 e. The summed E-state index contributed by atoms with van der Waals surface area (Å²) in [5.41, 5.74) is 0.755. The Balaban J connectivity index is 2.21. The molecule has 0 radical (unpaired) electrons. The van der Waals surface area contributed by atoms with Gasteiger partial charge in [0.05, 0.1) is 14.2 Å². The first-order valence-electron chi connectivity index (χ1n) is 6.32. The average Bonchev–Trinajstić information content (AvgIpc) is 2.36. The van der Waals surface area contributed by atoms with Gasteiger partial charge in [-0.25, -0.2) is 9.97 Å². The molecule has 0 bridgehead atoms. The number of rotatable bonds is 3. The summed E-state index contributed by atoms with van der Waals surface area (Å²) in [6, 6.07) is 3.65. The zero-order valence-electron chi connectivity index (χ0n) is 10.9. The van der Waals surface area contributed by atoms with Gasteiger partial charge in [-0.3, -0.25) is 0 Å². The van der Waals surface area contributed by atoms with E-state index in [4.69, 9.17) is 21.1 Å². The molecule has 1 saturated carbocycles. The Labute approximate surface area is 116 Å². The third-order valence-electron chi connectivity index (χ3n) is 3.64. The lowest BCUT2D eigenvalue weighted by atomic mass is 9.85. The molecule has 1 fully saturated rings. The van der Waals surface area contributed by atoms with Gasteiger partial charge in [0.1, 0.15) is 28.0 Å². The van der Waals surface area contributed by atoms with Crippen molar-refractivity contribution in [2.75, 3.05) is 14.2 Å². The highest BCUT2D eigenvalue weighted by Gasteiger charge is 2.24. The lowest BCUT2D eigenvalue weighted by Gasteiger charge is -2.24. The van der Waals surface area contributed by atoms with Crippen molar-refractivity contribution in [2.45, 2.75) is 25.2 Å². The molecule has 100 valence electrons. The molecule has 0 unspecified atom stereocenters. The molecule has 0 saturated heterocycles. The molecule has 4 nitrogen and oxygen atoms in total. The summed E-state index contributed by atoms with van der Waals surface area (Å²) in [7, 11) is 3.23. The summed E-state index contributed by atoms with van der Waals surface area (Å²) in [6.07, 6.45) is 3.52. The van der Waals surface area contributed by atoms with Crippen LogP contribution in [0.2, 0.25) is 5.15 Å². The minimum atomic E-state index is 0.439. The molecule has 1 aliphatic rings. The van der Waals surface area contributed by atoms with Crippen molar-refractivity contribution in [3.8, 4) is 11.5 Å². The van der Waals surface area contributed by atoms with E-state index in [1.54, 1.807) is 14.2 Å². The van der Waals surface area contributed by atoms with E-state index in [2.05, 4.69) is 9.97 Å². The van der Waals surface area contributed by atoms with E-state index in [0.29, 0.717) is 22.6 Å². The second kappa shape index (κ2) is 4.85. The molecule has 0 atom stereocenters. The Hall–Kier alpha value is -1.55. The van der Waals surface area contributed by atoms with Gasteiger partial charge in [-0.1, -0.05) is 18.0 Å². The van der Waals surface area contributed by atoms with Crippen LogP contribution in [0.15, 0.2) is 12.1 Å². The summed E-state index contributed by atoms with van der Waals surface area (Å²) < 4.78 is 10.6. The zero-order valence-corrected chi connectivity index (χ0v) is 11.7. The Morgan fingerprint density at radius 2 is 1.95 bits per heavy atom. The summed E-state index contributed by atoms with van der Waals surface area (Å²) in [4.78, 5) is 9.05. The molecule has 5 heteroatoms. The first kappa shape index (κ1) is 12.5. The van der Waals surface area contributed by atoms with Crippen LogP contribution in [-0.4, -0.2) is 24.2 Å². The van der Waals surface area contributed by atoms with Crippen molar-refractivity contribution in [3.05, 3.63) is 23.1 Å². The first-order chi connectivity index (χ1) is 9.22. The Bertz CT molecular complexity index is 626. The van der Waals surface area contributed by atoms with Crippen molar-refractivity contribution < 1.29 is 9.47 Å². The van der Waals surface area contributed by atoms with Gasteiger partial charge in [0.15, 0.2) is 0 Å². The number of ether oxygens (including phenoxy) is 2. The van der Waals surface area contributed by atoms with Crippen molar-refractivity contribution in [2.24, 2.45) is 0 Å². The molecule has 1 heterocycles. The maximum atomic E-state index is 6.28. The molecule has 0 amide bonds. The molecule has 0 aliphatic heterocycles. The van der Waals surface area contributed by atoms with Gasteiger partial charge in [-0.15, -0.1) is 0 Å². The van der Waals surface area contributed by atoms with Crippen LogP contribution >= 0.6 is 11.6 Å². The first-order valence-corrected chi connectivity index (χ1v) is 6.70. The van der Waals surface area contributed by atoms with Gasteiger partial charge >= 0.3 is 0 Å². The average molecular weight is 279 g/mol. The lowest BCUT2D eigenvalue weighted by Crippen LogP contribution is -2.13. The third kappa shape index (κ3) is 2.10. The van der Waals surface area contributed by atoms with E-state index in [9.17, 15) is 0 Å². The molecule has 3 rings (SSSR count). The van der Waals surface area contributed by atoms with Gasteiger partial charge in [0.25, 0.3) is 0 Å². The fourth-order valence-corrected chi connectivity index (χ4v) is 2.51. The number of halogens is 1. The van der Waals surface area contributed by atoms with E-state index in [1.165, 1.54) is 6.42 Å². The number of nitrogens with zero attached hydrogens (tertiary/aromatic N) is 2. The largest absolute Gasteiger partial charge is 0.497 e. The quantitative estimate of drug-likeness (QED) is 0.805. The van der Waals surface area contributed by atoms with Crippen LogP contribution in [0.4, 0.5) is 0 Å². The Morgan fingerprint density at radius 3 is 2.53 bits per heavy atom. The number of hydrogen-bond donors (Lipinski definition) is 0. The van der Waals surface area contributed by atoms with Crippen LogP contribution in [0.5, 0.6) is 11.5 Å². The number of benzene rings is 1. The van der Waals surface area contributed by atoms with Gasteiger partial charge in [-0.05, 0) is 18.9 Å². The van der Waals surface area contributed by atoms with Crippen molar-refractivity contribution in [3.63, 3.8) is 0 Å². The topological polar surface area (TPSA) is 44.2 Å². The maximum Gasteiger partial charge on any atom is 0.148 e. The monoisotopic (exact) mass is 278 g/mol. The van der Waals surface area contributed by atoms with Gasteiger partial charge in [0.2, 0.25) is 0 Å². The molecule has 0 spiro atoms. The van der Waals surface area contributed by atoms with Crippen molar-refractivity contribution in [1.82, 2.24) is 9.97 Å². The summed E-state index contributed by atoms with van der Waals surface area (Å²) in [5, 5.41) is 1.23. The standard InChI is InChI=1S/C14H15ClN2O2/c1-18-9-6-10-12(11(7-9)19-2)16-14(17-13(10)15)8-4-3-5-8/h6-8H,3-5H2,1-2H3. The van der Waals surface area contributed by atoms with Crippen LogP contribution in [0, 0.1) is 0 Å². The molecule has 2 aromatic rings. The van der Waals surface area contributed by atoms with E-state index in [0.717, 1.165) is 29.6 Å². The Kier molecular flexibility index (Phi) is 3.19. The van der Waals surface area contributed by atoms with Gasteiger partial charge in [-0.2, -0.15) is 0 Å². The second-order valence-corrected chi connectivity index (χ2v) is 5.08. The second-order valence-electron chi connectivity index (χ2n) is 4.73. The predicted molar refractivity (Wildman–Crippen MR) is 74.2 cm³/mol. The minimum absolute atomic E-state index is 0.439. The maximum absolute atomic E-state index is 6.28. The molecule has 1 aliphatic carbocycles. The fraction of sp³-hybridized carbons (Fsp3) is 0.429. The molecular weight excluding hydrogens is 264 g/mol. The number of fused-ring (bicyclic) bond motifs is 1. The van der Waals surface area contributed by atoms with Gasteiger partial charge < -0.3 is 9.47 Å². The van der Waals surface area contributed by atoms with Crippen LogP contribution in [0.3, 0.4) is 0 Å². The predicted octanol–water partition coefficient (Wildman–Crippen LogP) is 3.57. The normalized spacial score (nSPS) is 15.3. The molecule has 1 aromatic carbocycles.